The Morgan fingerprint density at radius 1 is 1.33 bits per heavy atom. The topological polar surface area (TPSA) is 110 Å². The monoisotopic (exact) mass is 296 g/mol. The van der Waals surface area contributed by atoms with Crippen LogP contribution in [0.2, 0.25) is 0 Å². The largest absolute Gasteiger partial charge is 0.481 e. The summed E-state index contributed by atoms with van der Waals surface area (Å²) in [6.07, 6.45) is 1.06. The smallest absolute Gasteiger partial charge is 0.306 e. The molecule has 8 heteroatoms. The number of rotatable bonds is 4. The van der Waals surface area contributed by atoms with Crippen LogP contribution in [-0.2, 0) is 9.59 Å². The van der Waals surface area contributed by atoms with Gasteiger partial charge in [0.1, 0.15) is 0 Å². The molecule has 1 aromatic carbocycles. The van der Waals surface area contributed by atoms with E-state index in [1.54, 1.807) is 0 Å². The first-order valence-corrected chi connectivity index (χ1v) is 6.36. The fraction of sp³-hybridized carbons (Fsp3) is 0.385. The van der Waals surface area contributed by atoms with E-state index in [1.165, 1.54) is 0 Å². The van der Waals surface area contributed by atoms with Gasteiger partial charge in [0.2, 0.25) is 5.91 Å². The van der Waals surface area contributed by atoms with E-state index in [-0.39, 0.29) is 12.1 Å². The highest BCUT2D eigenvalue weighted by Gasteiger charge is 2.34. The third kappa shape index (κ3) is 3.33. The van der Waals surface area contributed by atoms with Gasteiger partial charge in [-0.2, -0.15) is 0 Å². The number of amides is 1. The van der Waals surface area contributed by atoms with Crippen molar-refractivity contribution in [1.82, 2.24) is 0 Å². The summed E-state index contributed by atoms with van der Waals surface area (Å²) in [7, 11) is 0. The summed E-state index contributed by atoms with van der Waals surface area (Å²) < 4.78 is 13.6. The van der Waals surface area contributed by atoms with Gasteiger partial charge in [-0.25, -0.2) is 4.39 Å². The predicted molar refractivity (Wildman–Crippen MR) is 70.2 cm³/mol. The quantitative estimate of drug-likeness (QED) is 0.653. The van der Waals surface area contributed by atoms with Crippen molar-refractivity contribution >= 4 is 23.3 Å². The van der Waals surface area contributed by atoms with Crippen molar-refractivity contribution in [1.29, 1.82) is 0 Å². The molecule has 0 aromatic heterocycles. The number of carbonyl (C=O) groups is 2. The number of aliphatic carboxylic acids is 1. The molecule has 0 radical (unpaired) electrons. The number of carboxylic acid groups (broad SMARTS) is 1. The van der Waals surface area contributed by atoms with Gasteiger partial charge in [-0.15, -0.1) is 0 Å². The second-order valence-electron chi connectivity index (χ2n) is 4.96. The number of anilines is 1. The van der Waals surface area contributed by atoms with Crippen LogP contribution in [0.25, 0.3) is 0 Å². The fourth-order valence-electron chi connectivity index (χ4n) is 2.40. The molecule has 1 aromatic rings. The van der Waals surface area contributed by atoms with Gasteiger partial charge in [-0.05, 0) is 25.3 Å². The van der Waals surface area contributed by atoms with E-state index < -0.39 is 40.1 Å². The second kappa shape index (κ2) is 5.86. The molecule has 1 fully saturated rings. The van der Waals surface area contributed by atoms with E-state index in [0.29, 0.717) is 12.8 Å². The third-order valence-corrected chi connectivity index (χ3v) is 3.57. The molecule has 112 valence electrons. The van der Waals surface area contributed by atoms with E-state index in [2.05, 4.69) is 5.32 Å². The normalized spacial score (nSPS) is 21.0. The van der Waals surface area contributed by atoms with Crippen LogP contribution in [0, 0.1) is 27.8 Å². The average molecular weight is 296 g/mol. The van der Waals surface area contributed by atoms with Crippen LogP contribution in [0.1, 0.15) is 19.3 Å². The molecule has 0 heterocycles. The molecule has 1 aliphatic carbocycles. The van der Waals surface area contributed by atoms with Gasteiger partial charge in [-0.3, -0.25) is 19.7 Å². The Balaban J connectivity index is 2.03. The molecular formula is C13H13FN2O5. The lowest BCUT2D eigenvalue weighted by atomic mass is 10.0. The molecule has 7 nitrogen and oxygen atoms in total. The zero-order valence-corrected chi connectivity index (χ0v) is 10.9. The Morgan fingerprint density at radius 3 is 2.52 bits per heavy atom. The van der Waals surface area contributed by atoms with Gasteiger partial charge in [0.15, 0.2) is 5.82 Å². The summed E-state index contributed by atoms with van der Waals surface area (Å²) in [5.74, 6) is -3.34. The van der Waals surface area contributed by atoms with Crippen molar-refractivity contribution in [2.75, 3.05) is 5.32 Å². The minimum absolute atomic E-state index is 0.149. The maximum absolute atomic E-state index is 13.6. The van der Waals surface area contributed by atoms with Crippen molar-refractivity contribution in [3.05, 3.63) is 34.1 Å². The lowest BCUT2D eigenvalue weighted by molar-refractivity contribution is -0.385. The number of nitrogens with one attached hydrogen (secondary N) is 1. The zero-order valence-electron chi connectivity index (χ0n) is 10.9. The molecule has 2 N–H and O–H groups in total. The van der Waals surface area contributed by atoms with Crippen molar-refractivity contribution in [2.24, 2.45) is 11.8 Å². The first kappa shape index (κ1) is 14.9. The molecule has 21 heavy (non-hydrogen) atoms. The van der Waals surface area contributed by atoms with E-state index >= 15 is 0 Å². The van der Waals surface area contributed by atoms with Crippen LogP contribution in [0.4, 0.5) is 15.8 Å². The summed E-state index contributed by atoms with van der Waals surface area (Å²) in [4.78, 5) is 32.5. The molecule has 0 aliphatic heterocycles. The van der Waals surface area contributed by atoms with E-state index in [0.717, 1.165) is 18.2 Å². The lowest BCUT2D eigenvalue weighted by Crippen LogP contribution is -2.22. The Labute approximate surface area is 118 Å². The number of nitro groups is 1. The average Bonchev–Trinajstić information content (AvgIpc) is 2.90. The Kier molecular flexibility index (Phi) is 4.15. The third-order valence-electron chi connectivity index (χ3n) is 3.57. The maximum Gasteiger partial charge on any atom is 0.306 e. The number of nitrogens with zero attached hydrogens (tertiary/aromatic N) is 1. The molecule has 1 saturated carbocycles. The van der Waals surface area contributed by atoms with Gasteiger partial charge in [0.05, 0.1) is 22.6 Å². The minimum Gasteiger partial charge on any atom is -0.481 e. The van der Waals surface area contributed by atoms with E-state index in [9.17, 15) is 24.1 Å². The van der Waals surface area contributed by atoms with Crippen LogP contribution in [0.5, 0.6) is 0 Å². The van der Waals surface area contributed by atoms with Crippen molar-refractivity contribution in [2.45, 2.75) is 19.3 Å². The number of carbonyl (C=O) groups excluding carboxylic acids is 1. The first-order valence-electron chi connectivity index (χ1n) is 6.36. The van der Waals surface area contributed by atoms with Crippen LogP contribution in [0.3, 0.4) is 0 Å². The molecule has 2 unspecified atom stereocenters. The van der Waals surface area contributed by atoms with Gasteiger partial charge >= 0.3 is 5.97 Å². The number of hydrogen-bond donors (Lipinski definition) is 2. The SMILES string of the molecule is O=C(O)C1CCC(C(=O)Nc2ccc([N+](=O)[O-])cc2F)C1. The number of non-ortho nitro benzene ring substituents is 1. The summed E-state index contributed by atoms with van der Waals surface area (Å²) >= 11 is 0. The lowest BCUT2D eigenvalue weighted by Gasteiger charge is -2.11. The molecule has 2 rings (SSSR count). The highest BCUT2D eigenvalue weighted by molar-refractivity contribution is 5.93. The van der Waals surface area contributed by atoms with Crippen molar-refractivity contribution < 1.29 is 24.0 Å². The number of hydrogen-bond acceptors (Lipinski definition) is 4. The first-order chi connectivity index (χ1) is 9.88. The molecule has 0 bridgehead atoms. The number of carboxylic acids is 1. The molecular weight excluding hydrogens is 283 g/mol. The van der Waals surface area contributed by atoms with Crippen LogP contribution in [0.15, 0.2) is 18.2 Å². The van der Waals surface area contributed by atoms with Gasteiger partial charge in [0, 0.05) is 12.0 Å². The Morgan fingerprint density at radius 2 is 2.00 bits per heavy atom. The van der Waals surface area contributed by atoms with E-state index in [4.69, 9.17) is 5.11 Å². The van der Waals surface area contributed by atoms with Crippen molar-refractivity contribution in [3.63, 3.8) is 0 Å². The summed E-state index contributed by atoms with van der Waals surface area (Å²) in [6, 6.07) is 2.94. The van der Waals surface area contributed by atoms with Crippen LogP contribution >= 0.6 is 0 Å². The van der Waals surface area contributed by atoms with Crippen LogP contribution in [-0.4, -0.2) is 21.9 Å². The standard InChI is InChI=1S/C13H13FN2O5/c14-10-6-9(16(20)21)3-4-11(10)15-12(17)7-1-2-8(5-7)13(18)19/h3-4,6-8H,1-2,5H2,(H,15,17)(H,18,19). The van der Waals surface area contributed by atoms with E-state index in [1.807, 2.05) is 0 Å². The molecule has 1 aliphatic rings. The second-order valence-corrected chi connectivity index (χ2v) is 4.96. The highest BCUT2D eigenvalue weighted by Crippen LogP contribution is 2.32. The van der Waals surface area contributed by atoms with Crippen molar-refractivity contribution in [3.8, 4) is 0 Å². The molecule has 1 amide bonds. The molecule has 0 spiro atoms. The predicted octanol–water partition coefficient (Wildman–Crippen LogP) is 2.17. The highest BCUT2D eigenvalue weighted by atomic mass is 19.1. The van der Waals surface area contributed by atoms with Gasteiger partial charge in [0.25, 0.3) is 5.69 Å². The molecule has 0 saturated heterocycles. The van der Waals surface area contributed by atoms with Gasteiger partial charge < -0.3 is 10.4 Å². The van der Waals surface area contributed by atoms with Gasteiger partial charge in [-0.1, -0.05) is 0 Å². The summed E-state index contributed by atoms with van der Waals surface area (Å²) in [5, 5.41) is 21.7. The minimum atomic E-state index is -0.938. The summed E-state index contributed by atoms with van der Waals surface area (Å²) in [5.41, 5.74) is -0.554. The molecule has 2 atom stereocenters. The van der Waals surface area contributed by atoms with Crippen LogP contribution < -0.4 is 5.32 Å². The zero-order chi connectivity index (χ0) is 15.6. The fourth-order valence-corrected chi connectivity index (χ4v) is 2.40. The maximum atomic E-state index is 13.6. The number of benzene rings is 1. The Bertz CT molecular complexity index is 604. The Hall–Kier alpha value is -2.51. The number of nitro benzene ring substituents is 1. The summed E-state index contributed by atoms with van der Waals surface area (Å²) in [6.45, 7) is 0. The number of halogens is 1.